The summed E-state index contributed by atoms with van der Waals surface area (Å²) in [5.41, 5.74) is 11.6. The van der Waals surface area contributed by atoms with Crippen molar-refractivity contribution in [3.05, 3.63) is 52.9 Å². The van der Waals surface area contributed by atoms with E-state index in [4.69, 9.17) is 11.5 Å². The van der Waals surface area contributed by atoms with Gasteiger partial charge in [0.2, 0.25) is 11.8 Å². The third-order valence-electron chi connectivity index (χ3n) is 6.60. The number of likely N-dealkylation sites (tertiary alicyclic amines) is 1. The number of benzene rings is 1. The van der Waals surface area contributed by atoms with Crippen molar-refractivity contribution < 1.29 is 22.8 Å². The number of nitrogens with zero attached hydrogens (tertiary/aromatic N) is 5. The molecule has 4 aromatic rings. The number of aromatic nitrogens is 4. The lowest BCUT2D eigenvalue weighted by Gasteiger charge is -2.24. The van der Waals surface area contributed by atoms with Crippen molar-refractivity contribution in [1.29, 1.82) is 0 Å². The molecule has 1 aliphatic heterocycles. The minimum absolute atomic E-state index is 0.00586. The Morgan fingerprint density at radius 2 is 1.97 bits per heavy atom. The maximum absolute atomic E-state index is 13.6. The van der Waals surface area contributed by atoms with Crippen LogP contribution in [0.5, 0.6) is 0 Å². The van der Waals surface area contributed by atoms with Crippen molar-refractivity contribution in [3.63, 3.8) is 0 Å². The molecule has 4 heterocycles. The lowest BCUT2D eigenvalue weighted by Crippen LogP contribution is -2.44. The van der Waals surface area contributed by atoms with Gasteiger partial charge in [-0.25, -0.2) is 15.0 Å². The van der Waals surface area contributed by atoms with E-state index in [1.165, 1.54) is 21.9 Å². The number of anilines is 2. The second kappa shape index (κ2) is 9.83. The van der Waals surface area contributed by atoms with Gasteiger partial charge in [0.25, 0.3) is 0 Å². The van der Waals surface area contributed by atoms with Crippen molar-refractivity contribution in [3.8, 4) is 0 Å². The summed E-state index contributed by atoms with van der Waals surface area (Å²) in [6, 6.07) is 7.44. The van der Waals surface area contributed by atoms with E-state index in [1.807, 2.05) is 0 Å². The molecule has 10 nitrogen and oxygen atoms in total. The zero-order chi connectivity index (χ0) is 27.2. The lowest BCUT2D eigenvalue weighted by atomic mass is 10.1. The Morgan fingerprint density at radius 1 is 1.18 bits per heavy atom. The Balaban J connectivity index is 1.49. The van der Waals surface area contributed by atoms with Crippen molar-refractivity contribution >= 4 is 61.3 Å². The highest BCUT2D eigenvalue weighted by Gasteiger charge is 2.39. The van der Waals surface area contributed by atoms with E-state index in [0.29, 0.717) is 22.4 Å². The molecule has 14 heteroatoms. The number of halogens is 4. The normalized spacial score (nSPS) is 17.9. The van der Waals surface area contributed by atoms with Crippen molar-refractivity contribution in [2.24, 2.45) is 11.7 Å². The first-order valence-electron chi connectivity index (χ1n) is 11.6. The number of nitrogens with two attached hydrogens (primary N) is 2. The van der Waals surface area contributed by atoms with Gasteiger partial charge in [0.1, 0.15) is 40.8 Å². The molecular formula is C24H22BrF3N8O2. The molecule has 0 saturated carbocycles. The van der Waals surface area contributed by atoms with Crippen molar-refractivity contribution in [1.82, 2.24) is 24.4 Å². The summed E-state index contributed by atoms with van der Waals surface area (Å²) in [5, 5.41) is 3.13. The summed E-state index contributed by atoms with van der Waals surface area (Å²) in [4.78, 5) is 40.5. The highest BCUT2D eigenvalue weighted by Crippen LogP contribution is 2.37. The molecule has 3 aromatic heterocycles. The standard InChI is InChI=1S/C24H22BrF3N8O2/c25-17-2-1-3-18(33-17)34-23(38)16-6-12(8-29)9-35(16)19(37)10-36-15-5-4-13(24(26,27)28)7-14(15)20-21(30)31-11-32-22(20)36/h1-5,7,11-12,16H,6,8-10,29H2,(H2,30,31,32)(H,33,34,38)/t12-,16-/m1/s1. The van der Waals surface area contributed by atoms with Crippen LogP contribution in [0.1, 0.15) is 12.0 Å². The maximum Gasteiger partial charge on any atom is 0.416 e. The molecule has 1 saturated heterocycles. The average Bonchev–Trinajstić information content (AvgIpc) is 3.44. The zero-order valence-electron chi connectivity index (χ0n) is 19.7. The fraction of sp³-hybridized carbons (Fsp3) is 0.292. The summed E-state index contributed by atoms with van der Waals surface area (Å²) >= 11 is 3.26. The Hall–Kier alpha value is -3.78. The lowest BCUT2D eigenvalue weighted by molar-refractivity contribution is -0.137. The second-order valence-electron chi connectivity index (χ2n) is 9.01. The number of hydrogen-bond acceptors (Lipinski definition) is 7. The van der Waals surface area contributed by atoms with E-state index in [0.717, 1.165) is 12.1 Å². The van der Waals surface area contributed by atoms with Crippen LogP contribution in [-0.2, 0) is 22.3 Å². The molecule has 2 amide bonds. The van der Waals surface area contributed by atoms with E-state index in [9.17, 15) is 22.8 Å². The minimum atomic E-state index is -4.57. The predicted molar refractivity (Wildman–Crippen MR) is 138 cm³/mol. The van der Waals surface area contributed by atoms with Gasteiger partial charge in [0.05, 0.1) is 16.5 Å². The summed E-state index contributed by atoms with van der Waals surface area (Å²) in [7, 11) is 0. The van der Waals surface area contributed by atoms with Gasteiger partial charge in [-0.1, -0.05) is 6.07 Å². The first-order valence-corrected chi connectivity index (χ1v) is 12.4. The van der Waals surface area contributed by atoms with Gasteiger partial charge < -0.3 is 26.3 Å². The zero-order valence-corrected chi connectivity index (χ0v) is 21.3. The fourth-order valence-corrected chi connectivity index (χ4v) is 5.15. The van der Waals surface area contributed by atoms with E-state index < -0.39 is 29.6 Å². The summed E-state index contributed by atoms with van der Waals surface area (Å²) in [6.07, 6.45) is -3.03. The van der Waals surface area contributed by atoms with E-state index >= 15 is 0 Å². The highest BCUT2D eigenvalue weighted by molar-refractivity contribution is 9.10. The van der Waals surface area contributed by atoms with Gasteiger partial charge in [-0.2, -0.15) is 13.2 Å². The first kappa shape index (κ1) is 25.9. The number of alkyl halides is 3. The maximum atomic E-state index is 13.6. The number of pyridine rings is 1. The van der Waals surface area contributed by atoms with Gasteiger partial charge in [0, 0.05) is 11.9 Å². The molecule has 0 unspecified atom stereocenters. The molecule has 5 N–H and O–H groups in total. The van der Waals surface area contributed by atoms with Crippen LogP contribution >= 0.6 is 15.9 Å². The quantitative estimate of drug-likeness (QED) is 0.303. The molecule has 0 bridgehead atoms. The topological polar surface area (TPSA) is 145 Å². The van der Waals surface area contributed by atoms with Crippen molar-refractivity contribution in [2.45, 2.75) is 25.2 Å². The largest absolute Gasteiger partial charge is 0.416 e. The van der Waals surface area contributed by atoms with Crippen LogP contribution in [0.15, 0.2) is 47.3 Å². The number of nitrogen functional groups attached to an aromatic ring is 1. The number of carbonyl (C=O) groups excluding carboxylic acids is 2. The van der Waals surface area contributed by atoms with Gasteiger partial charge in [-0.05, 0) is 65.1 Å². The molecule has 1 fully saturated rings. The molecule has 0 radical (unpaired) electrons. The number of amides is 2. The minimum Gasteiger partial charge on any atom is -0.383 e. The molecule has 38 heavy (non-hydrogen) atoms. The molecule has 198 valence electrons. The van der Waals surface area contributed by atoms with E-state index in [-0.39, 0.29) is 47.8 Å². The molecule has 1 aliphatic rings. The Bertz CT molecular complexity index is 1560. The van der Waals surface area contributed by atoms with Crippen LogP contribution in [0.2, 0.25) is 0 Å². The van der Waals surface area contributed by atoms with Gasteiger partial charge in [-0.3, -0.25) is 9.59 Å². The number of carbonyl (C=O) groups is 2. The Labute approximate surface area is 222 Å². The van der Waals surface area contributed by atoms with Crippen LogP contribution in [0.25, 0.3) is 21.9 Å². The molecule has 5 rings (SSSR count). The number of hydrogen-bond donors (Lipinski definition) is 3. The van der Waals surface area contributed by atoms with Gasteiger partial charge in [0.15, 0.2) is 0 Å². The predicted octanol–water partition coefficient (Wildman–Crippen LogP) is 3.16. The SMILES string of the molecule is NC[C@H]1C[C@H](C(=O)Nc2cccc(Br)n2)N(C(=O)Cn2c3ccc(C(F)(F)F)cc3c3c(N)ncnc32)C1. The first-order chi connectivity index (χ1) is 18.1. The van der Waals surface area contributed by atoms with Crippen LogP contribution in [0.3, 0.4) is 0 Å². The number of fused-ring (bicyclic) bond motifs is 3. The highest BCUT2D eigenvalue weighted by atomic mass is 79.9. The average molecular weight is 591 g/mol. The van der Waals surface area contributed by atoms with Crippen LogP contribution in [0.4, 0.5) is 24.8 Å². The number of nitrogens with one attached hydrogen (secondary N) is 1. The summed E-state index contributed by atoms with van der Waals surface area (Å²) < 4.78 is 42.3. The number of rotatable bonds is 5. The Kier molecular flexibility index (Phi) is 6.69. The van der Waals surface area contributed by atoms with E-state index in [1.54, 1.807) is 18.2 Å². The third-order valence-corrected chi connectivity index (χ3v) is 7.04. The van der Waals surface area contributed by atoms with Crippen LogP contribution in [-0.4, -0.2) is 55.4 Å². The monoisotopic (exact) mass is 590 g/mol. The third kappa shape index (κ3) is 4.76. The van der Waals surface area contributed by atoms with Gasteiger partial charge >= 0.3 is 6.18 Å². The van der Waals surface area contributed by atoms with E-state index in [2.05, 4.69) is 36.2 Å². The van der Waals surface area contributed by atoms with Gasteiger partial charge in [-0.15, -0.1) is 0 Å². The van der Waals surface area contributed by atoms with Crippen LogP contribution in [0, 0.1) is 5.92 Å². The van der Waals surface area contributed by atoms with Crippen LogP contribution < -0.4 is 16.8 Å². The fourth-order valence-electron chi connectivity index (χ4n) is 4.81. The summed E-state index contributed by atoms with van der Waals surface area (Å²) in [6.45, 7) is 0.256. The molecule has 1 aromatic carbocycles. The molecule has 2 atom stereocenters. The smallest absolute Gasteiger partial charge is 0.383 e. The Morgan fingerprint density at radius 3 is 2.68 bits per heavy atom. The van der Waals surface area contributed by atoms with Crippen molar-refractivity contribution in [2.75, 3.05) is 24.1 Å². The molecular weight excluding hydrogens is 569 g/mol. The molecule has 0 spiro atoms. The summed E-state index contributed by atoms with van der Waals surface area (Å²) in [5.74, 6) is -0.616. The second-order valence-corrected chi connectivity index (χ2v) is 9.82. The molecule has 0 aliphatic carbocycles.